The molecule has 0 radical (unpaired) electrons. The summed E-state index contributed by atoms with van der Waals surface area (Å²) < 4.78 is 25.4. The zero-order chi connectivity index (χ0) is 16.2. The molecule has 1 aromatic carbocycles. The van der Waals surface area contributed by atoms with Crippen LogP contribution in [0.2, 0.25) is 0 Å². The number of amides is 1. The molecule has 23 heavy (non-hydrogen) atoms. The summed E-state index contributed by atoms with van der Waals surface area (Å²) in [6, 6.07) is 5.49. The Morgan fingerprint density at radius 1 is 1.35 bits per heavy atom. The van der Waals surface area contributed by atoms with Gasteiger partial charge in [-0.05, 0) is 44.0 Å². The van der Waals surface area contributed by atoms with Gasteiger partial charge in [-0.15, -0.1) is 11.3 Å². The Morgan fingerprint density at radius 2 is 2.13 bits per heavy atom. The first-order chi connectivity index (χ1) is 11.1. The largest absolute Gasteiger partial charge is 0.317 e. The molecule has 122 valence electrons. The van der Waals surface area contributed by atoms with Gasteiger partial charge in [-0.25, -0.2) is 13.8 Å². The van der Waals surface area contributed by atoms with Crippen molar-refractivity contribution in [3.05, 3.63) is 46.5 Å². The first-order valence-corrected chi connectivity index (χ1v) is 8.31. The van der Waals surface area contributed by atoms with Gasteiger partial charge in [0, 0.05) is 22.2 Å². The van der Waals surface area contributed by atoms with Gasteiger partial charge < -0.3 is 5.32 Å². The number of benzene rings is 1. The summed E-state index contributed by atoms with van der Waals surface area (Å²) in [5.41, 5.74) is 0.0496. The van der Waals surface area contributed by atoms with Crippen molar-refractivity contribution >= 4 is 22.4 Å². The third-order valence-electron chi connectivity index (χ3n) is 3.89. The average Bonchev–Trinajstić information content (AvgIpc) is 3.04. The Labute approximate surface area is 136 Å². The Kier molecular flexibility index (Phi) is 4.97. The maximum Gasteiger partial charge on any atom is 0.263 e. The zero-order valence-corrected chi connectivity index (χ0v) is 13.2. The first kappa shape index (κ1) is 16.0. The summed E-state index contributed by atoms with van der Waals surface area (Å²) in [5, 5.41) is 6.51. The molecule has 0 atom stereocenters. The lowest BCUT2D eigenvalue weighted by Crippen LogP contribution is -2.26. The number of hydrogen-bond donors (Lipinski definition) is 2. The van der Waals surface area contributed by atoms with Gasteiger partial charge in [0.1, 0.15) is 0 Å². The van der Waals surface area contributed by atoms with Gasteiger partial charge in [0.05, 0.1) is 0 Å². The highest BCUT2D eigenvalue weighted by Gasteiger charge is 2.19. The van der Waals surface area contributed by atoms with E-state index in [0.717, 1.165) is 30.8 Å². The Hall–Kier alpha value is -1.86. The highest BCUT2D eigenvalue weighted by molar-refractivity contribution is 7.15. The quantitative estimate of drug-likeness (QED) is 0.892. The minimum atomic E-state index is -2.59. The molecule has 0 spiro atoms. The SMILES string of the molecule is O=C(Nc1ncc(C2CCNCC2)s1)c1cccc(C(F)F)c1. The summed E-state index contributed by atoms with van der Waals surface area (Å²) in [5.74, 6) is 0.0558. The molecule has 2 N–H and O–H groups in total. The number of rotatable bonds is 4. The minimum absolute atomic E-state index is 0.160. The molecule has 0 unspecified atom stereocenters. The third-order valence-corrected chi connectivity index (χ3v) is 4.96. The predicted octanol–water partition coefficient (Wildman–Crippen LogP) is 3.80. The van der Waals surface area contributed by atoms with E-state index in [2.05, 4.69) is 15.6 Å². The van der Waals surface area contributed by atoms with Crippen molar-refractivity contribution in [1.29, 1.82) is 0 Å². The normalized spacial score (nSPS) is 15.8. The van der Waals surface area contributed by atoms with Gasteiger partial charge in [-0.2, -0.15) is 0 Å². The van der Waals surface area contributed by atoms with Crippen LogP contribution in [0, 0.1) is 0 Å². The van der Waals surface area contributed by atoms with Gasteiger partial charge in [0.25, 0.3) is 12.3 Å². The van der Waals surface area contributed by atoms with Gasteiger partial charge in [-0.3, -0.25) is 10.1 Å². The molecule has 0 aliphatic carbocycles. The zero-order valence-electron chi connectivity index (χ0n) is 12.4. The van der Waals surface area contributed by atoms with Crippen LogP contribution in [0.4, 0.5) is 13.9 Å². The van der Waals surface area contributed by atoms with E-state index in [0.29, 0.717) is 11.0 Å². The molecule has 2 aromatic rings. The van der Waals surface area contributed by atoms with E-state index in [1.807, 2.05) is 0 Å². The number of anilines is 1. The fourth-order valence-corrected chi connectivity index (χ4v) is 3.60. The first-order valence-electron chi connectivity index (χ1n) is 7.49. The van der Waals surface area contributed by atoms with E-state index in [1.165, 1.54) is 35.6 Å². The number of nitrogens with zero attached hydrogens (tertiary/aromatic N) is 1. The van der Waals surface area contributed by atoms with Crippen LogP contribution in [0.1, 0.15) is 46.0 Å². The molecule has 1 fully saturated rings. The van der Waals surface area contributed by atoms with Crippen molar-refractivity contribution in [2.24, 2.45) is 0 Å². The Balaban J connectivity index is 1.68. The van der Waals surface area contributed by atoms with Crippen molar-refractivity contribution in [3.8, 4) is 0 Å². The van der Waals surface area contributed by atoms with E-state index < -0.39 is 12.3 Å². The predicted molar refractivity (Wildman–Crippen MR) is 86.3 cm³/mol. The van der Waals surface area contributed by atoms with Crippen LogP contribution in [0.15, 0.2) is 30.5 Å². The number of carbonyl (C=O) groups excluding carboxylic acids is 1. The molecule has 2 heterocycles. The summed E-state index contributed by atoms with van der Waals surface area (Å²) in [7, 11) is 0. The number of aromatic nitrogens is 1. The highest BCUT2D eigenvalue weighted by Crippen LogP contribution is 2.31. The number of thiazole rings is 1. The minimum Gasteiger partial charge on any atom is -0.317 e. The van der Waals surface area contributed by atoms with Crippen molar-refractivity contribution < 1.29 is 13.6 Å². The lowest BCUT2D eigenvalue weighted by molar-refractivity contribution is 0.102. The summed E-state index contributed by atoms with van der Waals surface area (Å²) >= 11 is 1.45. The number of piperidine rings is 1. The molecule has 7 heteroatoms. The lowest BCUT2D eigenvalue weighted by Gasteiger charge is -2.20. The van der Waals surface area contributed by atoms with Gasteiger partial charge in [0.15, 0.2) is 5.13 Å². The fraction of sp³-hybridized carbons (Fsp3) is 0.375. The van der Waals surface area contributed by atoms with E-state index in [-0.39, 0.29) is 11.1 Å². The number of carbonyl (C=O) groups is 1. The lowest BCUT2D eigenvalue weighted by atomic mass is 9.97. The second-order valence-corrected chi connectivity index (χ2v) is 6.53. The second-order valence-electron chi connectivity index (χ2n) is 5.47. The van der Waals surface area contributed by atoms with Crippen molar-refractivity contribution in [2.45, 2.75) is 25.2 Å². The molecule has 3 rings (SSSR count). The molecular weight excluding hydrogens is 320 g/mol. The number of halogens is 2. The van der Waals surface area contributed by atoms with E-state index >= 15 is 0 Å². The highest BCUT2D eigenvalue weighted by atomic mass is 32.1. The molecule has 1 aliphatic rings. The number of hydrogen-bond acceptors (Lipinski definition) is 4. The third kappa shape index (κ3) is 3.92. The van der Waals surface area contributed by atoms with Crippen molar-refractivity contribution in [2.75, 3.05) is 18.4 Å². The molecular formula is C16H17F2N3OS. The standard InChI is InChI=1S/C16H17F2N3OS/c17-14(18)11-2-1-3-12(8-11)15(22)21-16-20-9-13(23-16)10-4-6-19-7-5-10/h1-3,8-10,14,19H,4-7H2,(H,20,21,22). The summed E-state index contributed by atoms with van der Waals surface area (Å²) in [6.45, 7) is 1.98. The summed E-state index contributed by atoms with van der Waals surface area (Å²) in [4.78, 5) is 17.6. The van der Waals surface area contributed by atoms with Gasteiger partial charge >= 0.3 is 0 Å². The van der Waals surface area contributed by atoms with Crippen molar-refractivity contribution in [1.82, 2.24) is 10.3 Å². The van der Waals surface area contributed by atoms with Crippen LogP contribution in [-0.4, -0.2) is 24.0 Å². The topological polar surface area (TPSA) is 54.0 Å². The van der Waals surface area contributed by atoms with E-state index in [4.69, 9.17) is 0 Å². The van der Waals surface area contributed by atoms with Crippen LogP contribution >= 0.6 is 11.3 Å². The van der Waals surface area contributed by atoms with E-state index in [1.54, 1.807) is 6.20 Å². The van der Waals surface area contributed by atoms with Crippen LogP contribution in [-0.2, 0) is 0 Å². The van der Waals surface area contributed by atoms with Crippen LogP contribution in [0.3, 0.4) is 0 Å². The van der Waals surface area contributed by atoms with Crippen LogP contribution in [0.25, 0.3) is 0 Å². The second kappa shape index (κ2) is 7.14. The average molecular weight is 337 g/mol. The monoisotopic (exact) mass is 337 g/mol. The number of nitrogens with one attached hydrogen (secondary N) is 2. The summed E-state index contributed by atoms with van der Waals surface area (Å²) in [6.07, 6.45) is 1.33. The molecule has 1 aromatic heterocycles. The fourth-order valence-electron chi connectivity index (χ4n) is 2.62. The smallest absolute Gasteiger partial charge is 0.263 e. The molecule has 1 amide bonds. The van der Waals surface area contributed by atoms with Crippen LogP contribution < -0.4 is 10.6 Å². The molecule has 4 nitrogen and oxygen atoms in total. The van der Waals surface area contributed by atoms with Gasteiger partial charge in [0.2, 0.25) is 0 Å². The van der Waals surface area contributed by atoms with E-state index in [9.17, 15) is 13.6 Å². The van der Waals surface area contributed by atoms with Crippen molar-refractivity contribution in [3.63, 3.8) is 0 Å². The molecule has 1 saturated heterocycles. The van der Waals surface area contributed by atoms with Gasteiger partial charge in [-0.1, -0.05) is 12.1 Å². The van der Waals surface area contributed by atoms with Crippen LogP contribution in [0.5, 0.6) is 0 Å². The Morgan fingerprint density at radius 3 is 2.87 bits per heavy atom. The maximum atomic E-state index is 12.7. The molecule has 0 bridgehead atoms. The Bertz CT molecular complexity index is 683. The number of alkyl halides is 2. The molecule has 1 aliphatic heterocycles. The molecule has 0 saturated carbocycles. The maximum absolute atomic E-state index is 12.7.